The van der Waals surface area contributed by atoms with Crippen LogP contribution in [0, 0.1) is 5.92 Å². The SMILES string of the molecule is C/C=C(\C)CC(CO)n1ccc(/C(=C\C(CC)C/C=C(\C)CCCCCCC)C(=O)O)c1. The summed E-state index contributed by atoms with van der Waals surface area (Å²) < 4.78 is 1.93. The maximum atomic E-state index is 12.0. The fourth-order valence-corrected chi connectivity index (χ4v) is 3.89. The van der Waals surface area contributed by atoms with Gasteiger partial charge in [-0.25, -0.2) is 4.79 Å². The van der Waals surface area contributed by atoms with Crippen LogP contribution in [0.4, 0.5) is 0 Å². The van der Waals surface area contributed by atoms with E-state index in [2.05, 4.69) is 26.8 Å². The van der Waals surface area contributed by atoms with E-state index < -0.39 is 5.97 Å². The third-order valence-corrected chi connectivity index (χ3v) is 6.31. The van der Waals surface area contributed by atoms with Crippen LogP contribution in [0.25, 0.3) is 5.57 Å². The molecule has 0 fully saturated rings. The van der Waals surface area contributed by atoms with Gasteiger partial charge in [0.25, 0.3) is 0 Å². The fraction of sp³-hybridized carbons (Fsp3) is 0.607. The summed E-state index contributed by atoms with van der Waals surface area (Å²) in [5, 5.41) is 19.7. The largest absolute Gasteiger partial charge is 0.478 e. The van der Waals surface area contributed by atoms with Crippen molar-refractivity contribution < 1.29 is 15.0 Å². The van der Waals surface area contributed by atoms with Crippen molar-refractivity contribution in [1.82, 2.24) is 4.57 Å². The van der Waals surface area contributed by atoms with Crippen molar-refractivity contribution in [1.29, 1.82) is 0 Å². The van der Waals surface area contributed by atoms with Crippen LogP contribution in [0.15, 0.2) is 47.8 Å². The van der Waals surface area contributed by atoms with Crippen molar-refractivity contribution >= 4 is 11.5 Å². The smallest absolute Gasteiger partial charge is 0.336 e. The molecule has 1 heterocycles. The molecular formula is C28H45NO3. The molecule has 1 aromatic heterocycles. The van der Waals surface area contributed by atoms with Gasteiger partial charge >= 0.3 is 5.97 Å². The summed E-state index contributed by atoms with van der Waals surface area (Å²) in [6.45, 7) is 10.6. The third-order valence-electron chi connectivity index (χ3n) is 6.31. The monoisotopic (exact) mass is 443 g/mol. The Morgan fingerprint density at radius 2 is 1.84 bits per heavy atom. The van der Waals surface area contributed by atoms with Gasteiger partial charge in [-0.05, 0) is 64.9 Å². The lowest BCUT2D eigenvalue weighted by Gasteiger charge is -2.16. The number of carboxylic acids is 1. The van der Waals surface area contributed by atoms with Crippen molar-refractivity contribution in [3.05, 3.63) is 53.4 Å². The van der Waals surface area contributed by atoms with Crippen LogP contribution in [-0.2, 0) is 4.79 Å². The molecular weight excluding hydrogens is 398 g/mol. The number of unbranched alkanes of at least 4 members (excludes halogenated alkanes) is 4. The third kappa shape index (κ3) is 10.0. The number of hydrogen-bond acceptors (Lipinski definition) is 2. The molecule has 4 heteroatoms. The molecule has 2 unspecified atom stereocenters. The van der Waals surface area contributed by atoms with E-state index in [9.17, 15) is 15.0 Å². The second-order valence-electron chi connectivity index (χ2n) is 9.03. The minimum Gasteiger partial charge on any atom is -0.478 e. The van der Waals surface area contributed by atoms with Gasteiger partial charge < -0.3 is 14.8 Å². The van der Waals surface area contributed by atoms with Crippen molar-refractivity contribution in [2.45, 2.75) is 98.4 Å². The van der Waals surface area contributed by atoms with Gasteiger partial charge in [0.1, 0.15) is 0 Å². The lowest BCUT2D eigenvalue weighted by Crippen LogP contribution is -2.12. The molecule has 0 aromatic carbocycles. The number of carboxylic acid groups (broad SMARTS) is 1. The minimum absolute atomic E-state index is 0.0194. The molecule has 180 valence electrons. The molecule has 0 aliphatic heterocycles. The Labute approximate surface area is 195 Å². The number of aromatic nitrogens is 1. The minimum atomic E-state index is -0.900. The number of aliphatic hydroxyl groups is 1. The van der Waals surface area contributed by atoms with E-state index in [1.165, 1.54) is 43.3 Å². The first kappa shape index (κ1) is 28.0. The lowest BCUT2D eigenvalue weighted by atomic mass is 9.95. The van der Waals surface area contributed by atoms with Crippen LogP contribution in [0.5, 0.6) is 0 Å². The average Bonchev–Trinajstić information content (AvgIpc) is 3.26. The Morgan fingerprint density at radius 1 is 1.12 bits per heavy atom. The normalized spacial score (nSPS) is 15.1. The zero-order valence-corrected chi connectivity index (χ0v) is 20.9. The summed E-state index contributed by atoms with van der Waals surface area (Å²) in [5.74, 6) is -0.707. The van der Waals surface area contributed by atoms with E-state index in [0.29, 0.717) is 11.1 Å². The molecule has 0 saturated carbocycles. The van der Waals surface area contributed by atoms with Crippen molar-refractivity contribution in [2.24, 2.45) is 5.92 Å². The Balaban J connectivity index is 2.88. The Kier molecular flexibility index (Phi) is 13.7. The maximum Gasteiger partial charge on any atom is 0.336 e. The second kappa shape index (κ2) is 15.7. The molecule has 0 radical (unpaired) electrons. The topological polar surface area (TPSA) is 62.5 Å². The number of nitrogens with zero attached hydrogens (tertiary/aromatic N) is 1. The highest BCUT2D eigenvalue weighted by Gasteiger charge is 2.17. The molecule has 2 atom stereocenters. The average molecular weight is 444 g/mol. The van der Waals surface area contributed by atoms with E-state index in [1.807, 2.05) is 49.0 Å². The highest BCUT2D eigenvalue weighted by molar-refractivity contribution is 6.15. The van der Waals surface area contributed by atoms with Crippen LogP contribution in [0.2, 0.25) is 0 Å². The quantitative estimate of drug-likeness (QED) is 0.157. The molecule has 0 aliphatic carbocycles. The van der Waals surface area contributed by atoms with E-state index >= 15 is 0 Å². The molecule has 1 rings (SSSR count). The van der Waals surface area contributed by atoms with Crippen molar-refractivity contribution in [3.8, 4) is 0 Å². The Morgan fingerprint density at radius 3 is 2.44 bits per heavy atom. The Hall–Kier alpha value is -2.07. The summed E-state index contributed by atoms with van der Waals surface area (Å²) >= 11 is 0. The van der Waals surface area contributed by atoms with Crippen molar-refractivity contribution in [3.63, 3.8) is 0 Å². The van der Waals surface area contributed by atoms with Crippen LogP contribution in [-0.4, -0.2) is 27.4 Å². The zero-order chi connectivity index (χ0) is 23.9. The molecule has 0 amide bonds. The molecule has 32 heavy (non-hydrogen) atoms. The second-order valence-corrected chi connectivity index (χ2v) is 9.03. The number of aliphatic hydroxyl groups excluding tert-OH is 1. The molecule has 0 saturated heterocycles. The van der Waals surface area contributed by atoms with E-state index in [0.717, 1.165) is 25.7 Å². The summed E-state index contributed by atoms with van der Waals surface area (Å²) in [4.78, 5) is 12.0. The van der Waals surface area contributed by atoms with Crippen LogP contribution in [0.1, 0.15) is 104 Å². The van der Waals surface area contributed by atoms with E-state index in [1.54, 1.807) is 0 Å². The fourth-order valence-electron chi connectivity index (χ4n) is 3.89. The lowest BCUT2D eigenvalue weighted by molar-refractivity contribution is -0.130. The standard InChI is InChI=1S/C28H45NO3/c1-6-9-10-11-12-13-23(5)14-15-24(8-3)19-27(28(31)32)25-16-17-29(20-25)26(21-30)18-22(4)7-2/h7,14,16-17,19-20,24,26,30H,6,8-13,15,18,21H2,1-5H3,(H,31,32)/b22-7+,23-14+,27-19+. The summed E-state index contributed by atoms with van der Waals surface area (Å²) in [6, 6.07) is 1.76. The van der Waals surface area contributed by atoms with Gasteiger partial charge in [-0.2, -0.15) is 0 Å². The molecule has 4 nitrogen and oxygen atoms in total. The first-order chi connectivity index (χ1) is 15.4. The first-order valence-corrected chi connectivity index (χ1v) is 12.4. The number of allylic oxidation sites excluding steroid dienone is 5. The summed E-state index contributed by atoms with van der Waals surface area (Å²) in [7, 11) is 0. The number of carbonyl (C=O) groups is 1. The molecule has 0 spiro atoms. The Bertz CT molecular complexity index is 769. The van der Waals surface area contributed by atoms with E-state index in [-0.39, 0.29) is 18.6 Å². The molecule has 2 N–H and O–H groups in total. The maximum absolute atomic E-state index is 12.0. The summed E-state index contributed by atoms with van der Waals surface area (Å²) in [5.41, 5.74) is 3.65. The number of hydrogen-bond donors (Lipinski definition) is 2. The van der Waals surface area contributed by atoms with Gasteiger partial charge in [0.05, 0.1) is 18.2 Å². The molecule has 0 aliphatic rings. The zero-order valence-electron chi connectivity index (χ0n) is 20.9. The predicted molar refractivity (Wildman–Crippen MR) is 136 cm³/mol. The van der Waals surface area contributed by atoms with Crippen LogP contribution < -0.4 is 0 Å². The van der Waals surface area contributed by atoms with Gasteiger partial charge in [0.15, 0.2) is 0 Å². The van der Waals surface area contributed by atoms with Crippen LogP contribution in [0.3, 0.4) is 0 Å². The first-order valence-electron chi connectivity index (χ1n) is 12.4. The van der Waals surface area contributed by atoms with Gasteiger partial charge in [-0.3, -0.25) is 0 Å². The highest BCUT2D eigenvalue weighted by atomic mass is 16.4. The van der Waals surface area contributed by atoms with Gasteiger partial charge in [0, 0.05) is 18.0 Å². The van der Waals surface area contributed by atoms with E-state index in [4.69, 9.17) is 0 Å². The van der Waals surface area contributed by atoms with Crippen molar-refractivity contribution in [2.75, 3.05) is 6.61 Å². The molecule has 1 aromatic rings. The number of aliphatic carboxylic acids is 1. The molecule has 0 bridgehead atoms. The number of rotatable bonds is 16. The predicted octanol–water partition coefficient (Wildman–Crippen LogP) is 7.57. The highest BCUT2D eigenvalue weighted by Crippen LogP contribution is 2.25. The van der Waals surface area contributed by atoms with Gasteiger partial charge in [-0.1, -0.05) is 68.9 Å². The van der Waals surface area contributed by atoms with Gasteiger partial charge in [-0.15, -0.1) is 0 Å². The summed E-state index contributed by atoms with van der Waals surface area (Å²) in [6.07, 6.45) is 20.1. The van der Waals surface area contributed by atoms with Crippen LogP contribution >= 0.6 is 0 Å². The van der Waals surface area contributed by atoms with Gasteiger partial charge in [0.2, 0.25) is 0 Å².